The van der Waals surface area contributed by atoms with E-state index in [-0.39, 0.29) is 32.7 Å². The van der Waals surface area contributed by atoms with Crippen molar-refractivity contribution in [1.82, 2.24) is 4.90 Å². The van der Waals surface area contributed by atoms with Gasteiger partial charge in [-0.2, -0.15) is 13.2 Å². The fourth-order valence-corrected chi connectivity index (χ4v) is 2.01. The standard InChI is InChI=1S/C10H16F3NO3/c1-2-17-7-9(10(11,12)13)3-4-14(6-9)5-8(15)16/h2-7H2,1H3,(H,15,16)/t9-/m1/s1. The van der Waals surface area contributed by atoms with Gasteiger partial charge in [0.05, 0.1) is 13.2 Å². The highest BCUT2D eigenvalue weighted by Crippen LogP contribution is 2.45. The lowest BCUT2D eigenvalue weighted by Crippen LogP contribution is -2.45. The Bertz CT molecular complexity index is 282. The molecule has 0 unspecified atom stereocenters. The number of carbonyl (C=O) groups is 1. The van der Waals surface area contributed by atoms with Gasteiger partial charge in [0.25, 0.3) is 0 Å². The van der Waals surface area contributed by atoms with Crippen molar-refractivity contribution in [2.45, 2.75) is 19.5 Å². The maximum Gasteiger partial charge on any atom is 0.397 e. The molecule has 0 aromatic heterocycles. The monoisotopic (exact) mass is 255 g/mol. The van der Waals surface area contributed by atoms with Crippen LogP contribution in [-0.4, -0.2) is 55.0 Å². The molecule has 1 aliphatic heterocycles. The smallest absolute Gasteiger partial charge is 0.397 e. The van der Waals surface area contributed by atoms with Crippen LogP contribution in [0.25, 0.3) is 0 Å². The van der Waals surface area contributed by atoms with Crippen LogP contribution in [0.1, 0.15) is 13.3 Å². The van der Waals surface area contributed by atoms with Crippen molar-refractivity contribution in [1.29, 1.82) is 0 Å². The van der Waals surface area contributed by atoms with E-state index in [4.69, 9.17) is 9.84 Å². The molecule has 7 heteroatoms. The van der Waals surface area contributed by atoms with E-state index >= 15 is 0 Å². The first kappa shape index (κ1) is 14.2. The molecule has 17 heavy (non-hydrogen) atoms. The number of carboxylic acid groups (broad SMARTS) is 1. The molecule has 0 spiro atoms. The molecule has 0 aromatic rings. The normalized spacial score (nSPS) is 26.4. The van der Waals surface area contributed by atoms with Crippen LogP contribution >= 0.6 is 0 Å². The van der Waals surface area contributed by atoms with Crippen LogP contribution in [0, 0.1) is 5.41 Å². The van der Waals surface area contributed by atoms with Gasteiger partial charge in [0.1, 0.15) is 5.41 Å². The lowest BCUT2D eigenvalue weighted by Gasteiger charge is -2.31. The maximum absolute atomic E-state index is 13.0. The fraction of sp³-hybridized carbons (Fsp3) is 0.900. The number of hydrogen-bond acceptors (Lipinski definition) is 3. The Morgan fingerprint density at radius 1 is 1.53 bits per heavy atom. The van der Waals surface area contributed by atoms with Crippen LogP contribution < -0.4 is 0 Å². The molecule has 0 radical (unpaired) electrons. The van der Waals surface area contributed by atoms with Crippen molar-refractivity contribution in [3.8, 4) is 0 Å². The van der Waals surface area contributed by atoms with Gasteiger partial charge in [-0.3, -0.25) is 9.69 Å². The minimum Gasteiger partial charge on any atom is -0.480 e. The highest BCUT2D eigenvalue weighted by atomic mass is 19.4. The third kappa shape index (κ3) is 3.32. The van der Waals surface area contributed by atoms with Gasteiger partial charge >= 0.3 is 12.1 Å². The van der Waals surface area contributed by atoms with Crippen molar-refractivity contribution < 1.29 is 27.8 Å². The average molecular weight is 255 g/mol. The van der Waals surface area contributed by atoms with Crippen LogP contribution in [0.5, 0.6) is 0 Å². The summed E-state index contributed by atoms with van der Waals surface area (Å²) in [6.45, 7) is 0.930. The molecule has 0 saturated carbocycles. The first-order valence-corrected chi connectivity index (χ1v) is 5.39. The van der Waals surface area contributed by atoms with Crippen LogP contribution in [0.2, 0.25) is 0 Å². The molecular formula is C10H16F3NO3. The number of rotatable bonds is 5. The first-order chi connectivity index (χ1) is 7.81. The van der Waals surface area contributed by atoms with E-state index in [0.29, 0.717) is 0 Å². The van der Waals surface area contributed by atoms with E-state index in [0.717, 1.165) is 0 Å². The zero-order valence-corrected chi connectivity index (χ0v) is 9.59. The van der Waals surface area contributed by atoms with E-state index < -0.39 is 24.2 Å². The summed E-state index contributed by atoms with van der Waals surface area (Å²) in [5, 5.41) is 8.57. The molecular weight excluding hydrogens is 239 g/mol. The van der Waals surface area contributed by atoms with Gasteiger partial charge in [-0.15, -0.1) is 0 Å². The Labute approximate surface area is 97.3 Å². The molecule has 1 fully saturated rings. The third-order valence-corrected chi connectivity index (χ3v) is 2.98. The largest absolute Gasteiger partial charge is 0.480 e. The predicted molar refractivity (Wildman–Crippen MR) is 53.7 cm³/mol. The molecule has 1 rings (SSSR count). The quantitative estimate of drug-likeness (QED) is 0.806. The van der Waals surface area contributed by atoms with Crippen molar-refractivity contribution in [3.63, 3.8) is 0 Å². The SMILES string of the molecule is CCOC[C@@]1(C(F)(F)F)CCN(CC(=O)O)C1. The number of alkyl halides is 3. The Hall–Kier alpha value is -0.820. The van der Waals surface area contributed by atoms with Gasteiger partial charge in [-0.1, -0.05) is 0 Å². The van der Waals surface area contributed by atoms with Gasteiger partial charge in [-0.05, 0) is 19.9 Å². The maximum atomic E-state index is 13.0. The number of aliphatic carboxylic acids is 1. The first-order valence-electron chi connectivity index (χ1n) is 5.39. The van der Waals surface area contributed by atoms with Crippen LogP contribution in [0.15, 0.2) is 0 Å². The van der Waals surface area contributed by atoms with E-state index in [9.17, 15) is 18.0 Å². The molecule has 0 aliphatic carbocycles. The van der Waals surface area contributed by atoms with Gasteiger partial charge in [0.2, 0.25) is 0 Å². The van der Waals surface area contributed by atoms with Crippen molar-refractivity contribution in [2.24, 2.45) is 5.41 Å². The summed E-state index contributed by atoms with van der Waals surface area (Å²) in [5.74, 6) is -1.11. The minimum atomic E-state index is -4.37. The van der Waals surface area contributed by atoms with Crippen LogP contribution in [0.3, 0.4) is 0 Å². The number of carboxylic acids is 1. The lowest BCUT2D eigenvalue weighted by molar-refractivity contribution is -0.235. The molecule has 1 heterocycles. The van der Waals surface area contributed by atoms with Crippen LogP contribution in [-0.2, 0) is 9.53 Å². The second-order valence-electron chi connectivity index (χ2n) is 4.27. The van der Waals surface area contributed by atoms with Gasteiger partial charge in [-0.25, -0.2) is 0 Å². The summed E-state index contributed by atoms with van der Waals surface area (Å²) >= 11 is 0. The van der Waals surface area contributed by atoms with Crippen molar-refractivity contribution in [3.05, 3.63) is 0 Å². The molecule has 0 amide bonds. The van der Waals surface area contributed by atoms with E-state index in [1.807, 2.05) is 0 Å². The van der Waals surface area contributed by atoms with Crippen molar-refractivity contribution in [2.75, 3.05) is 32.8 Å². The third-order valence-electron chi connectivity index (χ3n) is 2.98. The summed E-state index contributed by atoms with van der Waals surface area (Å²) < 4.78 is 43.9. The summed E-state index contributed by atoms with van der Waals surface area (Å²) in [4.78, 5) is 11.8. The molecule has 0 aromatic carbocycles. The molecule has 100 valence electrons. The van der Waals surface area contributed by atoms with E-state index in [1.54, 1.807) is 6.92 Å². The van der Waals surface area contributed by atoms with Crippen molar-refractivity contribution >= 4 is 5.97 Å². The zero-order chi connectivity index (χ0) is 13.1. The Kier molecular flexibility index (Phi) is 4.37. The summed E-state index contributed by atoms with van der Waals surface area (Å²) in [5.41, 5.74) is -1.92. The van der Waals surface area contributed by atoms with Gasteiger partial charge in [0, 0.05) is 13.2 Å². The van der Waals surface area contributed by atoms with E-state index in [2.05, 4.69) is 0 Å². The van der Waals surface area contributed by atoms with Crippen LogP contribution in [0.4, 0.5) is 13.2 Å². The Morgan fingerprint density at radius 2 is 2.18 bits per heavy atom. The summed E-state index contributed by atoms with van der Waals surface area (Å²) in [6, 6.07) is 0. The highest BCUT2D eigenvalue weighted by Gasteiger charge is 2.58. The molecule has 1 aliphatic rings. The molecule has 0 bridgehead atoms. The summed E-state index contributed by atoms with van der Waals surface area (Å²) in [7, 11) is 0. The number of likely N-dealkylation sites (tertiary alicyclic amines) is 1. The molecule has 1 atom stereocenters. The second kappa shape index (κ2) is 5.22. The second-order valence-corrected chi connectivity index (χ2v) is 4.27. The Balaban J connectivity index is 2.71. The molecule has 1 saturated heterocycles. The highest BCUT2D eigenvalue weighted by molar-refractivity contribution is 5.69. The number of halogens is 3. The summed E-state index contributed by atoms with van der Waals surface area (Å²) in [6.07, 6.45) is -4.47. The number of hydrogen-bond donors (Lipinski definition) is 1. The topological polar surface area (TPSA) is 49.8 Å². The average Bonchev–Trinajstić information content (AvgIpc) is 2.58. The van der Waals surface area contributed by atoms with Gasteiger partial charge < -0.3 is 9.84 Å². The number of ether oxygens (including phenoxy) is 1. The van der Waals surface area contributed by atoms with E-state index in [1.165, 1.54) is 4.90 Å². The molecule has 1 N–H and O–H groups in total. The zero-order valence-electron chi connectivity index (χ0n) is 9.59. The molecule has 4 nitrogen and oxygen atoms in total. The number of nitrogens with zero attached hydrogens (tertiary/aromatic N) is 1. The lowest BCUT2D eigenvalue weighted by atomic mass is 9.87. The Morgan fingerprint density at radius 3 is 2.65 bits per heavy atom. The fourth-order valence-electron chi connectivity index (χ4n) is 2.01. The minimum absolute atomic E-state index is 0.107. The van der Waals surface area contributed by atoms with Gasteiger partial charge in [0.15, 0.2) is 0 Å². The predicted octanol–water partition coefficient (Wildman–Crippen LogP) is 1.36.